The average molecular weight is 301 g/mol. The van der Waals surface area contributed by atoms with Gasteiger partial charge in [0.1, 0.15) is 11.3 Å². The molecule has 0 atom stereocenters. The molecule has 1 aromatic carbocycles. The van der Waals surface area contributed by atoms with E-state index in [1.54, 1.807) is 12.1 Å². The summed E-state index contributed by atoms with van der Waals surface area (Å²) in [5.74, 6) is 0.738. The van der Waals surface area contributed by atoms with Gasteiger partial charge >= 0.3 is 0 Å². The summed E-state index contributed by atoms with van der Waals surface area (Å²) in [5, 5.41) is 0.576. The van der Waals surface area contributed by atoms with Crippen molar-refractivity contribution in [3.05, 3.63) is 40.8 Å². The van der Waals surface area contributed by atoms with Crippen molar-refractivity contribution in [3.63, 3.8) is 0 Å². The van der Waals surface area contributed by atoms with E-state index in [4.69, 9.17) is 9.15 Å². The highest BCUT2D eigenvalue weighted by atomic mass is 16.5. The molecule has 0 bridgehead atoms. The summed E-state index contributed by atoms with van der Waals surface area (Å²) in [6.45, 7) is 4.21. The van der Waals surface area contributed by atoms with Crippen molar-refractivity contribution in [1.29, 1.82) is 0 Å². The van der Waals surface area contributed by atoms with Crippen molar-refractivity contribution in [3.8, 4) is 5.75 Å². The third-order valence-corrected chi connectivity index (χ3v) is 4.22. The lowest BCUT2D eigenvalue weighted by Crippen LogP contribution is -2.26. The minimum Gasteiger partial charge on any atom is -0.494 e. The normalized spacial score (nSPS) is 16.5. The molecule has 0 saturated carbocycles. The first-order chi connectivity index (χ1) is 10.8. The Morgan fingerprint density at radius 3 is 2.73 bits per heavy atom. The molecule has 1 saturated heterocycles. The van der Waals surface area contributed by atoms with E-state index >= 15 is 0 Å². The first-order valence-corrected chi connectivity index (χ1v) is 8.20. The Hall–Kier alpha value is -1.81. The van der Waals surface area contributed by atoms with Crippen LogP contribution in [0.2, 0.25) is 0 Å². The predicted octanol–water partition coefficient (Wildman–Crippen LogP) is 3.44. The maximum absolute atomic E-state index is 11.8. The zero-order valence-corrected chi connectivity index (χ0v) is 12.9. The van der Waals surface area contributed by atoms with E-state index < -0.39 is 0 Å². The molecule has 2 heterocycles. The molecule has 0 unspecified atom stereocenters. The van der Waals surface area contributed by atoms with Crippen LogP contribution in [-0.4, -0.2) is 31.1 Å². The predicted molar refractivity (Wildman–Crippen MR) is 87.5 cm³/mol. The second-order valence-corrected chi connectivity index (χ2v) is 5.90. The minimum atomic E-state index is -0.0312. The van der Waals surface area contributed by atoms with Crippen LogP contribution in [0.1, 0.15) is 32.1 Å². The zero-order valence-electron chi connectivity index (χ0n) is 12.9. The van der Waals surface area contributed by atoms with E-state index in [2.05, 4.69) is 4.90 Å². The lowest BCUT2D eigenvalue weighted by atomic mass is 10.2. The fourth-order valence-corrected chi connectivity index (χ4v) is 2.99. The molecule has 1 fully saturated rings. The molecule has 3 rings (SSSR count). The van der Waals surface area contributed by atoms with Crippen LogP contribution >= 0.6 is 0 Å². The van der Waals surface area contributed by atoms with Gasteiger partial charge in [0.05, 0.1) is 18.3 Å². The Kier molecular flexibility index (Phi) is 5.11. The van der Waals surface area contributed by atoms with Crippen LogP contribution in [0.4, 0.5) is 0 Å². The SMILES string of the molecule is O=c1ccoc2ccc(OCCCN3CCCCCC3)cc12. The molecule has 0 spiro atoms. The smallest absolute Gasteiger partial charge is 0.192 e. The second-order valence-electron chi connectivity index (χ2n) is 5.90. The van der Waals surface area contributed by atoms with Crippen molar-refractivity contribution < 1.29 is 9.15 Å². The molecular formula is C18H23NO3. The largest absolute Gasteiger partial charge is 0.494 e. The molecule has 0 radical (unpaired) electrons. The van der Waals surface area contributed by atoms with Gasteiger partial charge in [0.25, 0.3) is 0 Å². The highest BCUT2D eigenvalue weighted by Gasteiger charge is 2.08. The van der Waals surface area contributed by atoms with E-state index in [1.807, 2.05) is 6.07 Å². The van der Waals surface area contributed by atoms with Crippen LogP contribution in [-0.2, 0) is 0 Å². The number of benzene rings is 1. The molecule has 4 nitrogen and oxygen atoms in total. The van der Waals surface area contributed by atoms with Crippen LogP contribution in [0.5, 0.6) is 5.75 Å². The Morgan fingerprint density at radius 1 is 1.09 bits per heavy atom. The van der Waals surface area contributed by atoms with Gasteiger partial charge in [0.15, 0.2) is 5.43 Å². The number of hydrogen-bond donors (Lipinski definition) is 0. The van der Waals surface area contributed by atoms with Gasteiger partial charge in [0.2, 0.25) is 0 Å². The van der Waals surface area contributed by atoms with Crippen molar-refractivity contribution in [2.75, 3.05) is 26.2 Å². The number of ether oxygens (including phenoxy) is 1. The third kappa shape index (κ3) is 3.89. The van der Waals surface area contributed by atoms with Gasteiger partial charge in [0, 0.05) is 12.6 Å². The molecule has 4 heteroatoms. The molecule has 0 aliphatic carbocycles. The molecule has 22 heavy (non-hydrogen) atoms. The maximum atomic E-state index is 11.8. The van der Waals surface area contributed by atoms with E-state index in [9.17, 15) is 4.79 Å². The Balaban J connectivity index is 1.51. The summed E-state index contributed by atoms with van der Waals surface area (Å²) in [5.41, 5.74) is 0.570. The average Bonchev–Trinajstić information content (AvgIpc) is 2.81. The first-order valence-electron chi connectivity index (χ1n) is 8.20. The molecular weight excluding hydrogens is 278 g/mol. The molecule has 0 N–H and O–H groups in total. The third-order valence-electron chi connectivity index (χ3n) is 4.22. The Labute approximate surface area is 130 Å². The fraction of sp³-hybridized carbons (Fsp3) is 0.500. The van der Waals surface area contributed by atoms with E-state index in [-0.39, 0.29) is 5.43 Å². The van der Waals surface area contributed by atoms with Crippen molar-refractivity contribution >= 4 is 11.0 Å². The number of nitrogens with zero attached hydrogens (tertiary/aromatic N) is 1. The van der Waals surface area contributed by atoms with Crippen LogP contribution in [0, 0.1) is 0 Å². The molecule has 1 aliphatic rings. The molecule has 1 aliphatic heterocycles. The van der Waals surface area contributed by atoms with Gasteiger partial charge in [-0.15, -0.1) is 0 Å². The minimum absolute atomic E-state index is 0.0312. The van der Waals surface area contributed by atoms with E-state index in [0.29, 0.717) is 17.6 Å². The van der Waals surface area contributed by atoms with Gasteiger partial charge in [-0.05, 0) is 50.6 Å². The van der Waals surface area contributed by atoms with Crippen LogP contribution < -0.4 is 10.2 Å². The summed E-state index contributed by atoms with van der Waals surface area (Å²) in [4.78, 5) is 14.3. The summed E-state index contributed by atoms with van der Waals surface area (Å²) < 4.78 is 11.1. The highest BCUT2D eigenvalue weighted by molar-refractivity contribution is 5.77. The van der Waals surface area contributed by atoms with Crippen LogP contribution in [0.3, 0.4) is 0 Å². The van der Waals surface area contributed by atoms with Crippen LogP contribution in [0.25, 0.3) is 11.0 Å². The van der Waals surface area contributed by atoms with E-state index in [1.165, 1.54) is 51.1 Å². The number of hydrogen-bond acceptors (Lipinski definition) is 4. The lowest BCUT2D eigenvalue weighted by Gasteiger charge is -2.19. The second kappa shape index (κ2) is 7.45. The molecule has 2 aromatic rings. The van der Waals surface area contributed by atoms with Gasteiger partial charge < -0.3 is 14.1 Å². The summed E-state index contributed by atoms with van der Waals surface area (Å²) in [6.07, 6.45) is 7.82. The van der Waals surface area contributed by atoms with Gasteiger partial charge in [-0.2, -0.15) is 0 Å². The fourth-order valence-electron chi connectivity index (χ4n) is 2.99. The lowest BCUT2D eigenvalue weighted by molar-refractivity contribution is 0.240. The Bertz CT molecular complexity index is 657. The van der Waals surface area contributed by atoms with Gasteiger partial charge in [-0.3, -0.25) is 4.79 Å². The van der Waals surface area contributed by atoms with Crippen molar-refractivity contribution in [2.24, 2.45) is 0 Å². The molecule has 118 valence electrons. The number of fused-ring (bicyclic) bond motifs is 1. The Morgan fingerprint density at radius 2 is 1.91 bits per heavy atom. The van der Waals surface area contributed by atoms with Gasteiger partial charge in [-0.1, -0.05) is 12.8 Å². The number of rotatable bonds is 5. The quantitative estimate of drug-likeness (QED) is 0.793. The molecule has 1 aromatic heterocycles. The van der Waals surface area contributed by atoms with Crippen molar-refractivity contribution in [2.45, 2.75) is 32.1 Å². The van der Waals surface area contributed by atoms with E-state index in [0.717, 1.165) is 18.7 Å². The van der Waals surface area contributed by atoms with Crippen LogP contribution in [0.15, 0.2) is 39.7 Å². The van der Waals surface area contributed by atoms with Crippen molar-refractivity contribution in [1.82, 2.24) is 4.90 Å². The topological polar surface area (TPSA) is 42.7 Å². The monoisotopic (exact) mass is 301 g/mol. The summed E-state index contributed by atoms with van der Waals surface area (Å²) >= 11 is 0. The van der Waals surface area contributed by atoms with Gasteiger partial charge in [-0.25, -0.2) is 0 Å². The highest BCUT2D eigenvalue weighted by Crippen LogP contribution is 2.18. The maximum Gasteiger partial charge on any atom is 0.192 e. The summed E-state index contributed by atoms with van der Waals surface area (Å²) in [6, 6.07) is 6.86. The summed E-state index contributed by atoms with van der Waals surface area (Å²) in [7, 11) is 0. The zero-order chi connectivity index (χ0) is 15.2. The first kappa shape index (κ1) is 15.1. The standard InChI is InChI=1S/C18H23NO3/c20-17-8-13-22-18-7-6-15(14-16(17)18)21-12-5-11-19-9-3-1-2-4-10-19/h6-8,13-14H,1-5,9-12H2. The number of likely N-dealkylation sites (tertiary alicyclic amines) is 1. The molecule has 0 amide bonds.